The first kappa shape index (κ1) is 26.3. The van der Waals surface area contributed by atoms with E-state index in [2.05, 4.69) is 58.9 Å². The molecule has 0 aromatic carbocycles. The summed E-state index contributed by atoms with van der Waals surface area (Å²) in [4.78, 5) is 25.6. The molecule has 8 heteroatoms. The summed E-state index contributed by atoms with van der Waals surface area (Å²) in [6.07, 6.45) is 0. The summed E-state index contributed by atoms with van der Waals surface area (Å²) in [5.74, 6) is 0. The second-order valence-corrected chi connectivity index (χ2v) is 14.8. The van der Waals surface area contributed by atoms with Gasteiger partial charge >= 0.3 is 26.4 Å². The van der Waals surface area contributed by atoms with E-state index in [9.17, 15) is 0 Å². The van der Waals surface area contributed by atoms with Crippen molar-refractivity contribution in [2.45, 2.75) is 58.9 Å². The minimum Gasteiger partial charge on any atom is -0.822 e. The molecule has 0 aliphatic rings. The first-order valence-electron chi connectivity index (χ1n) is 5.23. The molecule has 0 aliphatic carbocycles. The Bertz CT molecular complexity index is 141. The van der Waals surface area contributed by atoms with E-state index in [1.54, 1.807) is 0 Å². The zero-order chi connectivity index (χ0) is 15.2. The van der Waals surface area contributed by atoms with Crippen molar-refractivity contribution in [3.63, 3.8) is 0 Å². The first-order chi connectivity index (χ1) is 7.20. The molecule has 0 aliphatic heterocycles. The van der Waals surface area contributed by atoms with Gasteiger partial charge in [0.05, 0.1) is 58.9 Å². The van der Waals surface area contributed by atoms with Crippen molar-refractivity contribution in [2.75, 3.05) is 0 Å². The summed E-state index contributed by atoms with van der Waals surface area (Å²) >= 11 is 0. The number of rotatable bonds is 0. The van der Waals surface area contributed by atoms with Crippen LogP contribution in [0.3, 0.4) is 0 Å². The van der Waals surface area contributed by atoms with Gasteiger partial charge in [0.1, 0.15) is 0 Å². The maximum Gasteiger partial charge on any atom is 0.304 e. The Morgan fingerprint density at radius 2 is 0.588 bits per heavy atom. The van der Waals surface area contributed by atoms with Crippen molar-refractivity contribution in [2.24, 2.45) is 0 Å². The Kier molecular flexibility index (Phi) is 26.0. The SMILES string of the molecule is C[Si+](C)C.C[Si+](C)C.C[Si+](C)C.O=P([O-])([O-])[O-]. The highest BCUT2D eigenvalue weighted by molar-refractivity contribution is 7.40. The second kappa shape index (κ2) is 16.8. The number of hydrogen-bond donors (Lipinski definition) is 0. The van der Waals surface area contributed by atoms with Gasteiger partial charge < -0.3 is 19.2 Å². The Morgan fingerprint density at radius 3 is 0.588 bits per heavy atom. The molecule has 0 fully saturated rings. The first-order valence-corrected chi connectivity index (χ1v) is 15.7. The smallest absolute Gasteiger partial charge is 0.304 e. The standard InChI is InChI=1S/3C3H9Si.H3O4P/c3*1-4(2)3;1-5(2,3)4/h3*1-3H3;(H3,1,2,3,4)/q3*+1;/p-3. The maximum absolute atomic E-state index is 8.55. The van der Waals surface area contributed by atoms with Gasteiger partial charge in [-0.05, 0) is 0 Å². The fraction of sp³-hybridized carbons (Fsp3) is 1.00. The molecule has 104 valence electrons. The van der Waals surface area contributed by atoms with Crippen molar-refractivity contribution < 1.29 is 19.2 Å². The van der Waals surface area contributed by atoms with Crippen LogP contribution in [0.15, 0.2) is 0 Å². The molecule has 0 N–H and O–H groups in total. The molecule has 4 nitrogen and oxygen atoms in total. The van der Waals surface area contributed by atoms with E-state index < -0.39 is 7.82 Å². The second-order valence-electron chi connectivity index (χ2n) is 4.95. The van der Waals surface area contributed by atoms with E-state index in [-0.39, 0.29) is 26.4 Å². The van der Waals surface area contributed by atoms with Gasteiger partial charge in [-0.1, -0.05) is 0 Å². The van der Waals surface area contributed by atoms with Crippen LogP contribution in [-0.4, -0.2) is 26.4 Å². The predicted molar refractivity (Wildman–Crippen MR) is 77.6 cm³/mol. The summed E-state index contributed by atoms with van der Waals surface area (Å²) in [6.45, 7) is 20.4. The number of hydrogen-bond acceptors (Lipinski definition) is 4. The van der Waals surface area contributed by atoms with E-state index in [0.29, 0.717) is 0 Å². The largest absolute Gasteiger partial charge is 0.822 e. The predicted octanol–water partition coefficient (Wildman–Crippen LogP) is 1.29. The lowest BCUT2D eigenvalue weighted by Crippen LogP contribution is -2.24. The van der Waals surface area contributed by atoms with Crippen molar-refractivity contribution in [1.82, 2.24) is 0 Å². The molecule has 0 atom stereocenters. The van der Waals surface area contributed by atoms with Gasteiger partial charge in [0.15, 0.2) is 0 Å². The molecule has 0 aromatic heterocycles. The zero-order valence-electron chi connectivity index (χ0n) is 12.6. The molecule has 0 bridgehead atoms. The van der Waals surface area contributed by atoms with E-state index in [1.165, 1.54) is 0 Å². The van der Waals surface area contributed by atoms with Crippen LogP contribution >= 0.6 is 7.82 Å². The molecule has 0 heterocycles. The quantitative estimate of drug-likeness (QED) is 0.498. The van der Waals surface area contributed by atoms with Gasteiger partial charge in [-0.2, -0.15) is 7.82 Å². The summed E-state index contributed by atoms with van der Waals surface area (Å²) in [5.41, 5.74) is 0. The normalized spacial score (nSPS) is 8.24. The molecular weight excluding hydrogens is 287 g/mol. The third kappa shape index (κ3) is 6310. The van der Waals surface area contributed by atoms with Gasteiger partial charge in [0, 0.05) is 0 Å². The van der Waals surface area contributed by atoms with E-state index in [0.717, 1.165) is 0 Å². The Balaban J connectivity index is -0.0000000667. The van der Waals surface area contributed by atoms with Crippen LogP contribution in [-0.2, 0) is 4.57 Å². The highest BCUT2D eigenvalue weighted by Crippen LogP contribution is 2.03. The maximum atomic E-state index is 8.55. The summed E-state index contributed by atoms with van der Waals surface area (Å²) in [7, 11) is -5.03. The van der Waals surface area contributed by atoms with E-state index >= 15 is 0 Å². The fourth-order valence-electron chi connectivity index (χ4n) is 0. The lowest BCUT2D eigenvalue weighted by molar-refractivity contribution is -0.432. The molecule has 0 spiro atoms. The van der Waals surface area contributed by atoms with Crippen LogP contribution in [0, 0.1) is 0 Å². The van der Waals surface area contributed by atoms with Crippen LogP contribution in [0.5, 0.6) is 0 Å². The molecule has 0 unspecified atom stereocenters. The summed E-state index contributed by atoms with van der Waals surface area (Å²) < 4.78 is 8.55. The monoisotopic (exact) mass is 314 g/mol. The van der Waals surface area contributed by atoms with Crippen LogP contribution < -0.4 is 14.7 Å². The fourth-order valence-corrected chi connectivity index (χ4v) is 0. The minimum absolute atomic E-state index is 0.120. The zero-order valence-corrected chi connectivity index (χ0v) is 16.5. The highest BCUT2D eigenvalue weighted by Gasteiger charge is 1.93. The topological polar surface area (TPSA) is 86.2 Å². The van der Waals surface area contributed by atoms with E-state index in [4.69, 9.17) is 19.2 Å². The molecular formula is C9H27O4PSi3. The minimum atomic E-state index is -5.39. The highest BCUT2D eigenvalue weighted by atomic mass is 31.2. The average molecular weight is 315 g/mol. The Hall–Kier alpha value is 0.761. The van der Waals surface area contributed by atoms with Gasteiger partial charge in [-0.25, -0.2) is 0 Å². The molecule has 17 heavy (non-hydrogen) atoms. The van der Waals surface area contributed by atoms with Crippen molar-refractivity contribution >= 4 is 34.2 Å². The molecule has 0 amide bonds. The average Bonchev–Trinajstić information content (AvgIpc) is 1.73. The molecule has 0 radical (unpaired) electrons. The van der Waals surface area contributed by atoms with Crippen molar-refractivity contribution in [3.05, 3.63) is 0 Å². The van der Waals surface area contributed by atoms with Crippen LogP contribution in [0.1, 0.15) is 0 Å². The van der Waals surface area contributed by atoms with Gasteiger partial charge in [0.25, 0.3) is 0 Å². The van der Waals surface area contributed by atoms with Gasteiger partial charge in [-0.3, -0.25) is 0 Å². The summed E-state index contributed by atoms with van der Waals surface area (Å²) in [6, 6.07) is 0. The third-order valence-corrected chi connectivity index (χ3v) is 0. The molecule has 0 saturated carbocycles. The number of phosphoric acid groups is 1. The third-order valence-electron chi connectivity index (χ3n) is 0. The Morgan fingerprint density at radius 1 is 0.588 bits per heavy atom. The summed E-state index contributed by atoms with van der Waals surface area (Å²) in [5, 5.41) is 0. The molecule has 0 rings (SSSR count). The van der Waals surface area contributed by atoms with Gasteiger partial charge in [0.2, 0.25) is 0 Å². The van der Waals surface area contributed by atoms with Crippen LogP contribution in [0.25, 0.3) is 0 Å². The molecule has 0 saturated heterocycles. The van der Waals surface area contributed by atoms with Crippen molar-refractivity contribution in [1.29, 1.82) is 0 Å². The van der Waals surface area contributed by atoms with Crippen LogP contribution in [0.2, 0.25) is 58.9 Å². The van der Waals surface area contributed by atoms with E-state index in [1.807, 2.05) is 0 Å². The Labute approximate surface area is 113 Å². The van der Waals surface area contributed by atoms with Gasteiger partial charge in [-0.15, -0.1) is 0 Å². The van der Waals surface area contributed by atoms with Crippen LogP contribution in [0.4, 0.5) is 0 Å². The lowest BCUT2D eigenvalue weighted by Gasteiger charge is -2.36. The lowest BCUT2D eigenvalue weighted by atomic mass is 11.8. The molecule has 0 aromatic rings. The van der Waals surface area contributed by atoms with Crippen molar-refractivity contribution in [3.8, 4) is 0 Å².